The summed E-state index contributed by atoms with van der Waals surface area (Å²) in [6, 6.07) is 9.80. The fourth-order valence-electron chi connectivity index (χ4n) is 2.11. The van der Waals surface area contributed by atoms with Gasteiger partial charge in [-0.1, -0.05) is 23.9 Å². The molecule has 0 saturated carbocycles. The predicted octanol–water partition coefficient (Wildman–Crippen LogP) is 3.47. The third-order valence-corrected chi connectivity index (χ3v) is 5.04. The maximum atomic E-state index is 12.2. The van der Waals surface area contributed by atoms with Crippen molar-refractivity contribution in [2.75, 3.05) is 12.4 Å². The summed E-state index contributed by atoms with van der Waals surface area (Å²) < 4.78 is 7.32. The highest BCUT2D eigenvalue weighted by Crippen LogP contribution is 2.20. The van der Waals surface area contributed by atoms with Gasteiger partial charge >= 0.3 is 0 Å². The van der Waals surface area contributed by atoms with Gasteiger partial charge in [-0.3, -0.25) is 9.36 Å². The van der Waals surface area contributed by atoms with Gasteiger partial charge < -0.3 is 4.74 Å². The summed E-state index contributed by atoms with van der Waals surface area (Å²) in [4.78, 5) is 17.5. The zero-order valence-electron chi connectivity index (χ0n) is 12.4. The summed E-state index contributed by atoms with van der Waals surface area (Å²) in [6.07, 6.45) is 0. The van der Waals surface area contributed by atoms with Crippen molar-refractivity contribution in [3.63, 3.8) is 0 Å². The third kappa shape index (κ3) is 3.18. The van der Waals surface area contributed by atoms with Crippen LogP contribution in [0, 0.1) is 6.92 Å². The van der Waals surface area contributed by atoms with Crippen molar-refractivity contribution in [2.24, 2.45) is 7.05 Å². The molecule has 0 spiro atoms. The van der Waals surface area contributed by atoms with Gasteiger partial charge in [-0.2, -0.15) is 0 Å². The topological polar surface area (TPSA) is 44.1 Å². The van der Waals surface area contributed by atoms with Gasteiger partial charge in [0.05, 0.1) is 12.0 Å². The molecule has 4 nitrogen and oxygen atoms in total. The standard InChI is InChI=1S/C16H16N2O2S2/c1-11-4-3-5-12(10-11)20-7-9-22-16-17-14-13(6-8-21-14)15(19)18(16)2/h3-6,8,10H,7,9H2,1-2H3. The van der Waals surface area contributed by atoms with E-state index in [1.165, 1.54) is 28.7 Å². The Labute approximate surface area is 136 Å². The molecule has 1 aromatic carbocycles. The minimum absolute atomic E-state index is 0.00773. The first-order valence-electron chi connectivity index (χ1n) is 6.91. The highest BCUT2D eigenvalue weighted by atomic mass is 32.2. The number of thioether (sulfide) groups is 1. The average molecular weight is 332 g/mol. The van der Waals surface area contributed by atoms with Crippen LogP contribution in [0.5, 0.6) is 5.75 Å². The summed E-state index contributed by atoms with van der Waals surface area (Å²) in [6.45, 7) is 2.62. The maximum Gasteiger partial charge on any atom is 0.262 e. The molecule has 0 aliphatic heterocycles. The fraction of sp³-hybridized carbons (Fsp3) is 0.250. The highest BCUT2D eigenvalue weighted by molar-refractivity contribution is 7.99. The molecule has 3 aromatic rings. The molecule has 0 bridgehead atoms. The van der Waals surface area contributed by atoms with E-state index in [1.54, 1.807) is 11.6 Å². The van der Waals surface area contributed by atoms with Crippen molar-refractivity contribution in [1.82, 2.24) is 9.55 Å². The molecule has 0 aliphatic rings. The zero-order valence-corrected chi connectivity index (χ0v) is 14.0. The van der Waals surface area contributed by atoms with E-state index < -0.39 is 0 Å². The van der Waals surface area contributed by atoms with Gasteiger partial charge in [-0.25, -0.2) is 4.98 Å². The van der Waals surface area contributed by atoms with E-state index >= 15 is 0 Å². The van der Waals surface area contributed by atoms with E-state index in [-0.39, 0.29) is 5.56 Å². The molecule has 0 fully saturated rings. The molecule has 6 heteroatoms. The first kappa shape index (κ1) is 15.1. The number of thiophene rings is 1. The van der Waals surface area contributed by atoms with Crippen molar-refractivity contribution in [3.05, 3.63) is 51.6 Å². The number of aryl methyl sites for hydroxylation is 1. The Kier molecular flexibility index (Phi) is 4.49. The molecule has 3 rings (SSSR count). The fourth-order valence-corrected chi connectivity index (χ4v) is 3.70. The van der Waals surface area contributed by atoms with Crippen LogP contribution in [-0.4, -0.2) is 21.9 Å². The van der Waals surface area contributed by atoms with E-state index in [4.69, 9.17) is 4.74 Å². The smallest absolute Gasteiger partial charge is 0.262 e. The number of hydrogen-bond acceptors (Lipinski definition) is 5. The van der Waals surface area contributed by atoms with Crippen molar-refractivity contribution in [1.29, 1.82) is 0 Å². The number of rotatable bonds is 5. The molecule has 2 aromatic heterocycles. The molecule has 0 aliphatic carbocycles. The third-order valence-electron chi connectivity index (χ3n) is 3.24. The van der Waals surface area contributed by atoms with Crippen molar-refractivity contribution in [3.8, 4) is 5.75 Å². The minimum Gasteiger partial charge on any atom is -0.493 e. The number of ether oxygens (including phenoxy) is 1. The summed E-state index contributed by atoms with van der Waals surface area (Å²) in [5, 5.41) is 3.31. The highest BCUT2D eigenvalue weighted by Gasteiger charge is 2.09. The number of nitrogens with zero attached hydrogens (tertiary/aromatic N) is 2. The van der Waals surface area contributed by atoms with Gasteiger partial charge in [0.1, 0.15) is 10.6 Å². The van der Waals surface area contributed by atoms with E-state index in [9.17, 15) is 4.79 Å². The average Bonchev–Trinajstić information content (AvgIpc) is 2.97. The zero-order chi connectivity index (χ0) is 15.5. The predicted molar refractivity (Wildman–Crippen MR) is 92.3 cm³/mol. The van der Waals surface area contributed by atoms with Crippen LogP contribution >= 0.6 is 23.1 Å². The summed E-state index contributed by atoms with van der Waals surface area (Å²) in [5.74, 6) is 1.61. The molecule has 0 saturated heterocycles. The van der Waals surface area contributed by atoms with Gasteiger partial charge in [-0.05, 0) is 36.1 Å². The lowest BCUT2D eigenvalue weighted by molar-refractivity contribution is 0.343. The lowest BCUT2D eigenvalue weighted by Crippen LogP contribution is -2.19. The van der Waals surface area contributed by atoms with Crippen LogP contribution in [0.25, 0.3) is 10.2 Å². The lowest BCUT2D eigenvalue weighted by Gasteiger charge is -2.08. The van der Waals surface area contributed by atoms with Crippen LogP contribution in [0.4, 0.5) is 0 Å². The molecule has 0 amide bonds. The second kappa shape index (κ2) is 6.54. The molecule has 0 atom stereocenters. The number of aromatic nitrogens is 2. The van der Waals surface area contributed by atoms with Crippen molar-refractivity contribution >= 4 is 33.3 Å². The summed E-state index contributed by atoms with van der Waals surface area (Å²) >= 11 is 3.03. The monoisotopic (exact) mass is 332 g/mol. The Morgan fingerprint density at radius 3 is 3.05 bits per heavy atom. The molecular weight excluding hydrogens is 316 g/mol. The molecule has 0 radical (unpaired) electrons. The van der Waals surface area contributed by atoms with E-state index in [2.05, 4.69) is 4.98 Å². The second-order valence-electron chi connectivity index (χ2n) is 4.91. The SMILES string of the molecule is Cc1cccc(OCCSc2nc3sccc3c(=O)n2C)c1. The van der Waals surface area contributed by atoms with E-state index in [1.807, 2.05) is 42.6 Å². The van der Waals surface area contributed by atoms with Gasteiger partial charge in [0.2, 0.25) is 0 Å². The van der Waals surface area contributed by atoms with Crippen LogP contribution in [-0.2, 0) is 7.05 Å². The largest absolute Gasteiger partial charge is 0.493 e. The summed E-state index contributed by atoms with van der Waals surface area (Å²) in [7, 11) is 1.76. The normalized spacial score (nSPS) is 11.0. The first-order valence-corrected chi connectivity index (χ1v) is 8.78. The number of fused-ring (bicyclic) bond motifs is 1. The van der Waals surface area contributed by atoms with Crippen molar-refractivity contribution < 1.29 is 4.74 Å². The molecule has 0 unspecified atom stereocenters. The molecule has 114 valence electrons. The van der Waals surface area contributed by atoms with Crippen LogP contribution in [0.15, 0.2) is 45.7 Å². The van der Waals surface area contributed by atoms with Gasteiger partial charge in [0.25, 0.3) is 5.56 Å². The molecule has 22 heavy (non-hydrogen) atoms. The van der Waals surface area contributed by atoms with E-state index in [0.29, 0.717) is 12.0 Å². The Hall–Kier alpha value is -1.79. The van der Waals surface area contributed by atoms with Crippen LogP contribution in [0.2, 0.25) is 0 Å². The number of hydrogen-bond donors (Lipinski definition) is 0. The first-order chi connectivity index (χ1) is 10.6. The number of benzene rings is 1. The quantitative estimate of drug-likeness (QED) is 0.408. The van der Waals surface area contributed by atoms with Gasteiger partial charge in [-0.15, -0.1) is 11.3 Å². The molecule has 2 heterocycles. The van der Waals surface area contributed by atoms with Crippen molar-refractivity contribution in [2.45, 2.75) is 12.1 Å². The Bertz CT molecular complexity index is 855. The molecular formula is C16H16N2O2S2. The van der Waals surface area contributed by atoms with Crippen LogP contribution in [0.3, 0.4) is 0 Å². The van der Waals surface area contributed by atoms with Gasteiger partial charge in [0, 0.05) is 12.8 Å². The molecule has 0 N–H and O–H groups in total. The maximum absolute atomic E-state index is 12.2. The Morgan fingerprint density at radius 2 is 2.23 bits per heavy atom. The lowest BCUT2D eigenvalue weighted by atomic mass is 10.2. The van der Waals surface area contributed by atoms with Gasteiger partial charge in [0.15, 0.2) is 5.16 Å². The minimum atomic E-state index is 0.00773. The van der Waals surface area contributed by atoms with Crippen LogP contribution < -0.4 is 10.3 Å². The summed E-state index contributed by atoms with van der Waals surface area (Å²) in [5.41, 5.74) is 1.19. The van der Waals surface area contributed by atoms with Crippen LogP contribution in [0.1, 0.15) is 5.56 Å². The Morgan fingerprint density at radius 1 is 1.36 bits per heavy atom. The van der Waals surface area contributed by atoms with E-state index in [0.717, 1.165) is 21.5 Å². The Balaban J connectivity index is 1.64. The second-order valence-corrected chi connectivity index (χ2v) is 6.87.